The number of thioether (sulfide) groups is 1. The van der Waals surface area contributed by atoms with Crippen LogP contribution in [0.5, 0.6) is 0 Å². The Kier molecular flexibility index (Phi) is 5.85. The van der Waals surface area contributed by atoms with Gasteiger partial charge in [0.25, 0.3) is 0 Å². The van der Waals surface area contributed by atoms with E-state index in [4.69, 9.17) is 0 Å². The van der Waals surface area contributed by atoms with Crippen LogP contribution < -0.4 is 5.32 Å². The molecular weight excluding hydrogens is 322 g/mol. The molecule has 3 rings (SSSR count). The van der Waals surface area contributed by atoms with E-state index in [-0.39, 0.29) is 5.91 Å². The molecular formula is C17H23N5OS. The molecule has 1 aromatic carbocycles. The number of rotatable bonds is 6. The molecule has 2 atom stereocenters. The van der Waals surface area contributed by atoms with Crippen LogP contribution in [0.1, 0.15) is 38.2 Å². The van der Waals surface area contributed by atoms with Crippen LogP contribution >= 0.6 is 11.8 Å². The van der Waals surface area contributed by atoms with Gasteiger partial charge >= 0.3 is 0 Å². The van der Waals surface area contributed by atoms with E-state index < -0.39 is 0 Å². The van der Waals surface area contributed by atoms with Crippen LogP contribution in [0.4, 0.5) is 0 Å². The first-order valence-electron chi connectivity index (χ1n) is 8.44. The third kappa shape index (κ3) is 4.56. The Bertz CT molecular complexity index is 660. The van der Waals surface area contributed by atoms with Crippen LogP contribution in [-0.2, 0) is 11.3 Å². The van der Waals surface area contributed by atoms with Crippen LogP contribution in [0.3, 0.4) is 0 Å². The van der Waals surface area contributed by atoms with E-state index >= 15 is 0 Å². The molecule has 1 aliphatic carbocycles. The van der Waals surface area contributed by atoms with Gasteiger partial charge in [-0.1, -0.05) is 61.9 Å². The van der Waals surface area contributed by atoms with E-state index in [2.05, 4.69) is 27.8 Å². The summed E-state index contributed by atoms with van der Waals surface area (Å²) in [7, 11) is 0. The second-order valence-corrected chi connectivity index (χ2v) is 7.27. The second-order valence-electron chi connectivity index (χ2n) is 6.33. The molecule has 6 nitrogen and oxygen atoms in total. The van der Waals surface area contributed by atoms with Crippen LogP contribution in [0.15, 0.2) is 35.5 Å². The Morgan fingerprint density at radius 3 is 2.88 bits per heavy atom. The van der Waals surface area contributed by atoms with Gasteiger partial charge in [-0.15, -0.1) is 5.10 Å². The SMILES string of the molecule is C[C@@H]1CCCC[C@@H]1NC(=O)CSc1nnnn1Cc1ccccc1. The minimum Gasteiger partial charge on any atom is -0.352 e. The highest BCUT2D eigenvalue weighted by Crippen LogP contribution is 2.24. The number of benzene rings is 1. The van der Waals surface area contributed by atoms with Crippen molar-refractivity contribution in [2.24, 2.45) is 5.92 Å². The van der Waals surface area contributed by atoms with Gasteiger partial charge in [-0.2, -0.15) is 0 Å². The Labute approximate surface area is 146 Å². The Morgan fingerprint density at radius 2 is 2.08 bits per heavy atom. The second kappa shape index (κ2) is 8.28. The lowest BCUT2D eigenvalue weighted by Gasteiger charge is -2.29. The molecule has 128 valence electrons. The van der Waals surface area contributed by atoms with E-state index in [9.17, 15) is 4.79 Å². The van der Waals surface area contributed by atoms with Crippen LogP contribution in [0, 0.1) is 5.92 Å². The van der Waals surface area contributed by atoms with Gasteiger partial charge in [-0.3, -0.25) is 4.79 Å². The molecule has 1 saturated carbocycles. The minimum absolute atomic E-state index is 0.0630. The summed E-state index contributed by atoms with van der Waals surface area (Å²) in [5.41, 5.74) is 1.13. The van der Waals surface area contributed by atoms with Crippen molar-refractivity contribution in [3.8, 4) is 0 Å². The molecule has 0 saturated heterocycles. The number of nitrogens with zero attached hydrogens (tertiary/aromatic N) is 4. The molecule has 0 bridgehead atoms. The average Bonchev–Trinajstić information content (AvgIpc) is 3.03. The number of carbonyl (C=O) groups is 1. The molecule has 0 unspecified atom stereocenters. The first kappa shape index (κ1) is 17.0. The molecule has 0 aliphatic heterocycles. The molecule has 0 radical (unpaired) electrons. The van der Waals surface area contributed by atoms with E-state index in [1.807, 2.05) is 30.3 Å². The van der Waals surface area contributed by atoms with Crippen LogP contribution in [0.2, 0.25) is 0 Å². The molecule has 24 heavy (non-hydrogen) atoms. The molecule has 0 spiro atoms. The lowest BCUT2D eigenvalue weighted by Crippen LogP contribution is -2.41. The lowest BCUT2D eigenvalue weighted by molar-refractivity contribution is -0.119. The van der Waals surface area contributed by atoms with Gasteiger partial charge in [-0.25, -0.2) is 4.68 Å². The average molecular weight is 345 g/mol. The molecule has 1 aliphatic rings. The van der Waals surface area contributed by atoms with Crippen molar-refractivity contribution in [3.63, 3.8) is 0 Å². The van der Waals surface area contributed by atoms with E-state index in [0.29, 0.717) is 29.4 Å². The summed E-state index contributed by atoms with van der Waals surface area (Å²) in [6, 6.07) is 10.3. The van der Waals surface area contributed by atoms with Crippen LogP contribution in [-0.4, -0.2) is 37.9 Å². The quantitative estimate of drug-likeness (QED) is 0.815. The topological polar surface area (TPSA) is 72.7 Å². The number of hydrogen-bond acceptors (Lipinski definition) is 5. The number of carbonyl (C=O) groups excluding carboxylic acids is 1. The van der Waals surface area contributed by atoms with E-state index in [1.165, 1.54) is 31.0 Å². The molecule has 7 heteroatoms. The first-order valence-corrected chi connectivity index (χ1v) is 9.43. The third-order valence-corrected chi connectivity index (χ3v) is 5.42. The zero-order chi connectivity index (χ0) is 16.8. The Morgan fingerprint density at radius 1 is 1.29 bits per heavy atom. The maximum absolute atomic E-state index is 12.2. The fourth-order valence-corrected chi connectivity index (χ4v) is 3.75. The number of hydrogen-bond donors (Lipinski definition) is 1. The first-order chi connectivity index (χ1) is 11.7. The van der Waals surface area contributed by atoms with Crippen molar-refractivity contribution in [3.05, 3.63) is 35.9 Å². The highest BCUT2D eigenvalue weighted by molar-refractivity contribution is 7.99. The highest BCUT2D eigenvalue weighted by Gasteiger charge is 2.23. The number of tetrazole rings is 1. The predicted molar refractivity (Wildman–Crippen MR) is 93.6 cm³/mol. The monoisotopic (exact) mass is 345 g/mol. The van der Waals surface area contributed by atoms with E-state index in [0.717, 1.165) is 12.0 Å². The van der Waals surface area contributed by atoms with Crippen molar-refractivity contribution >= 4 is 17.7 Å². The summed E-state index contributed by atoms with van der Waals surface area (Å²) in [5, 5.41) is 15.6. The molecule has 1 amide bonds. The smallest absolute Gasteiger partial charge is 0.230 e. The zero-order valence-corrected chi connectivity index (χ0v) is 14.7. The number of aromatic nitrogens is 4. The molecule has 1 heterocycles. The Hall–Kier alpha value is -1.89. The fraction of sp³-hybridized carbons (Fsp3) is 0.529. The van der Waals surface area contributed by atoms with Gasteiger partial charge in [0.05, 0.1) is 12.3 Å². The van der Waals surface area contributed by atoms with Gasteiger partial charge in [0.2, 0.25) is 11.1 Å². The normalized spacial score (nSPS) is 20.7. The highest BCUT2D eigenvalue weighted by atomic mass is 32.2. The maximum Gasteiger partial charge on any atom is 0.230 e. The van der Waals surface area contributed by atoms with Crippen molar-refractivity contribution < 1.29 is 4.79 Å². The van der Waals surface area contributed by atoms with Crippen molar-refractivity contribution in [1.82, 2.24) is 25.5 Å². The van der Waals surface area contributed by atoms with Gasteiger partial charge in [0.1, 0.15) is 0 Å². The summed E-state index contributed by atoms with van der Waals surface area (Å²) in [6.07, 6.45) is 4.77. The van der Waals surface area contributed by atoms with Crippen molar-refractivity contribution in [1.29, 1.82) is 0 Å². The standard InChI is InChI=1S/C17H23N5OS/c1-13-7-5-6-10-15(13)18-16(23)12-24-17-19-20-21-22(17)11-14-8-3-2-4-9-14/h2-4,8-9,13,15H,5-7,10-12H2,1H3,(H,18,23)/t13-,15+/m1/s1. The van der Waals surface area contributed by atoms with Crippen molar-refractivity contribution in [2.75, 3.05) is 5.75 Å². The maximum atomic E-state index is 12.2. The minimum atomic E-state index is 0.0630. The van der Waals surface area contributed by atoms with E-state index in [1.54, 1.807) is 4.68 Å². The van der Waals surface area contributed by atoms with Gasteiger partial charge in [-0.05, 0) is 34.7 Å². The predicted octanol–water partition coefficient (Wildman–Crippen LogP) is 2.51. The molecule has 1 fully saturated rings. The Balaban J connectivity index is 1.51. The fourth-order valence-electron chi connectivity index (χ4n) is 3.06. The summed E-state index contributed by atoms with van der Waals surface area (Å²) < 4.78 is 1.73. The third-order valence-electron chi connectivity index (χ3n) is 4.46. The van der Waals surface area contributed by atoms with Crippen molar-refractivity contribution in [2.45, 2.75) is 50.4 Å². The summed E-state index contributed by atoms with van der Waals surface area (Å²) in [5.74, 6) is 0.974. The number of nitrogens with one attached hydrogen (secondary N) is 1. The zero-order valence-electron chi connectivity index (χ0n) is 13.9. The van der Waals surface area contributed by atoms with Gasteiger partial charge in [0, 0.05) is 6.04 Å². The number of amides is 1. The largest absolute Gasteiger partial charge is 0.352 e. The van der Waals surface area contributed by atoms with Gasteiger partial charge in [0.15, 0.2) is 0 Å². The summed E-state index contributed by atoms with van der Waals surface area (Å²) in [6.45, 7) is 2.83. The van der Waals surface area contributed by atoms with Gasteiger partial charge < -0.3 is 5.32 Å². The molecule has 2 aromatic rings. The lowest BCUT2D eigenvalue weighted by atomic mass is 9.86. The summed E-state index contributed by atoms with van der Waals surface area (Å²) in [4.78, 5) is 12.2. The molecule has 1 aromatic heterocycles. The van der Waals surface area contributed by atoms with Crippen LogP contribution in [0.25, 0.3) is 0 Å². The summed E-state index contributed by atoms with van der Waals surface area (Å²) >= 11 is 1.39. The molecule has 1 N–H and O–H groups in total.